The highest BCUT2D eigenvalue weighted by atomic mass is 79.9. The van der Waals surface area contributed by atoms with Gasteiger partial charge in [0, 0.05) is 29.3 Å². The van der Waals surface area contributed by atoms with Crippen molar-refractivity contribution in [2.24, 2.45) is 0 Å². The summed E-state index contributed by atoms with van der Waals surface area (Å²) in [7, 11) is 0. The molecule has 5 heteroatoms. The molecule has 1 aliphatic carbocycles. The zero-order valence-electron chi connectivity index (χ0n) is 10.8. The van der Waals surface area contributed by atoms with Gasteiger partial charge >= 0.3 is 0 Å². The first-order valence-corrected chi connectivity index (χ1v) is 7.31. The van der Waals surface area contributed by atoms with E-state index in [1.54, 1.807) is 24.4 Å². The van der Waals surface area contributed by atoms with Crippen LogP contribution in [-0.2, 0) is 6.54 Å². The number of hydrogen-bond donors (Lipinski definition) is 1. The van der Waals surface area contributed by atoms with Crippen molar-refractivity contribution in [2.75, 3.05) is 0 Å². The predicted molar refractivity (Wildman–Crippen MR) is 78.3 cm³/mol. The van der Waals surface area contributed by atoms with Crippen LogP contribution in [0.3, 0.4) is 0 Å². The number of ether oxygens (including phenoxy) is 1. The number of halogens is 2. The number of aromatic nitrogens is 1. The van der Waals surface area contributed by atoms with Crippen LogP contribution in [0.5, 0.6) is 11.5 Å². The molecule has 1 aliphatic rings. The largest absolute Gasteiger partial charge is 0.454 e. The molecule has 2 aromatic rings. The van der Waals surface area contributed by atoms with Crippen molar-refractivity contribution >= 4 is 15.9 Å². The zero-order chi connectivity index (χ0) is 13.9. The van der Waals surface area contributed by atoms with Gasteiger partial charge in [0.1, 0.15) is 5.75 Å². The van der Waals surface area contributed by atoms with Crippen molar-refractivity contribution in [3.05, 3.63) is 52.5 Å². The maximum Gasteiger partial charge on any atom is 0.166 e. The first kappa shape index (κ1) is 13.5. The maximum absolute atomic E-state index is 13.7. The van der Waals surface area contributed by atoms with Gasteiger partial charge in [-0.25, -0.2) is 4.39 Å². The molecule has 3 rings (SSSR count). The van der Waals surface area contributed by atoms with E-state index in [1.165, 1.54) is 18.9 Å². The molecule has 1 fully saturated rings. The number of hydrogen-bond acceptors (Lipinski definition) is 3. The molecule has 1 N–H and O–H groups in total. The molecule has 1 aromatic carbocycles. The Balaban J connectivity index is 1.70. The van der Waals surface area contributed by atoms with Crippen LogP contribution in [0.2, 0.25) is 0 Å². The summed E-state index contributed by atoms with van der Waals surface area (Å²) in [6, 6.07) is 8.91. The summed E-state index contributed by atoms with van der Waals surface area (Å²) in [5.74, 6) is 0.406. The summed E-state index contributed by atoms with van der Waals surface area (Å²) in [5, 5.41) is 3.38. The SMILES string of the molecule is Fc1cc(Br)ccc1Oc1ccnc(CNC2CC2)c1. The Hall–Kier alpha value is -1.46. The second kappa shape index (κ2) is 5.89. The monoisotopic (exact) mass is 336 g/mol. The molecule has 0 amide bonds. The van der Waals surface area contributed by atoms with Crippen LogP contribution < -0.4 is 10.1 Å². The molecule has 20 heavy (non-hydrogen) atoms. The fourth-order valence-corrected chi connectivity index (χ4v) is 2.17. The van der Waals surface area contributed by atoms with Crippen molar-refractivity contribution in [2.45, 2.75) is 25.4 Å². The quantitative estimate of drug-likeness (QED) is 0.895. The molecule has 0 spiro atoms. The first-order valence-electron chi connectivity index (χ1n) is 6.52. The molecule has 0 unspecified atom stereocenters. The van der Waals surface area contributed by atoms with Crippen LogP contribution in [0, 0.1) is 5.82 Å². The third kappa shape index (κ3) is 3.55. The zero-order valence-corrected chi connectivity index (χ0v) is 12.4. The molecule has 0 atom stereocenters. The number of rotatable bonds is 5. The average molecular weight is 337 g/mol. The van der Waals surface area contributed by atoms with Crippen LogP contribution >= 0.6 is 15.9 Å². The normalized spacial score (nSPS) is 14.3. The first-order chi connectivity index (χ1) is 9.70. The van der Waals surface area contributed by atoms with Gasteiger partial charge in [0.2, 0.25) is 0 Å². The van der Waals surface area contributed by atoms with Gasteiger partial charge < -0.3 is 10.1 Å². The fraction of sp³-hybridized carbons (Fsp3) is 0.267. The highest BCUT2D eigenvalue weighted by Crippen LogP contribution is 2.27. The lowest BCUT2D eigenvalue weighted by Crippen LogP contribution is -2.16. The third-order valence-electron chi connectivity index (χ3n) is 3.06. The number of benzene rings is 1. The van der Waals surface area contributed by atoms with Gasteiger partial charge in [-0.3, -0.25) is 4.98 Å². The summed E-state index contributed by atoms with van der Waals surface area (Å²) < 4.78 is 20.0. The third-order valence-corrected chi connectivity index (χ3v) is 3.55. The summed E-state index contributed by atoms with van der Waals surface area (Å²) >= 11 is 3.22. The smallest absolute Gasteiger partial charge is 0.166 e. The van der Waals surface area contributed by atoms with Crippen molar-refractivity contribution in [1.29, 1.82) is 0 Å². The fourth-order valence-electron chi connectivity index (χ4n) is 1.84. The van der Waals surface area contributed by atoms with E-state index in [4.69, 9.17) is 4.74 Å². The summed E-state index contributed by atoms with van der Waals surface area (Å²) in [6.07, 6.45) is 4.15. The van der Waals surface area contributed by atoms with Crippen LogP contribution in [0.1, 0.15) is 18.5 Å². The Morgan fingerprint density at radius 3 is 2.90 bits per heavy atom. The lowest BCUT2D eigenvalue weighted by molar-refractivity contribution is 0.440. The van der Waals surface area contributed by atoms with Gasteiger partial charge in [-0.15, -0.1) is 0 Å². The highest BCUT2D eigenvalue weighted by molar-refractivity contribution is 9.10. The van der Waals surface area contributed by atoms with Gasteiger partial charge in [0.05, 0.1) is 5.69 Å². The van der Waals surface area contributed by atoms with Crippen LogP contribution in [-0.4, -0.2) is 11.0 Å². The van der Waals surface area contributed by atoms with Crippen molar-refractivity contribution in [3.63, 3.8) is 0 Å². The molecule has 1 saturated carbocycles. The van der Waals surface area contributed by atoms with Gasteiger partial charge in [0.25, 0.3) is 0 Å². The lowest BCUT2D eigenvalue weighted by Gasteiger charge is -2.08. The minimum atomic E-state index is -0.395. The second-order valence-corrected chi connectivity index (χ2v) is 5.73. The standard InChI is InChI=1S/C15H14BrFN2O/c16-10-1-4-15(14(17)7-10)20-13-5-6-18-12(8-13)9-19-11-2-3-11/h1,4-8,11,19H,2-3,9H2. The van der Waals surface area contributed by atoms with E-state index in [0.29, 0.717) is 22.8 Å². The molecule has 0 saturated heterocycles. The minimum Gasteiger partial charge on any atom is -0.454 e. The highest BCUT2D eigenvalue weighted by Gasteiger charge is 2.20. The van der Waals surface area contributed by atoms with Gasteiger partial charge in [-0.1, -0.05) is 15.9 Å². The van der Waals surface area contributed by atoms with Gasteiger partial charge in [-0.05, 0) is 37.1 Å². The van der Waals surface area contributed by atoms with E-state index in [-0.39, 0.29) is 5.75 Å². The molecule has 3 nitrogen and oxygen atoms in total. The molecule has 1 aromatic heterocycles. The van der Waals surface area contributed by atoms with Crippen LogP contribution in [0.4, 0.5) is 4.39 Å². The van der Waals surface area contributed by atoms with E-state index in [9.17, 15) is 4.39 Å². The van der Waals surface area contributed by atoms with E-state index in [1.807, 2.05) is 6.07 Å². The molecule has 0 bridgehead atoms. The number of nitrogens with one attached hydrogen (secondary N) is 1. The molecule has 104 valence electrons. The van der Waals surface area contributed by atoms with Crippen molar-refractivity contribution < 1.29 is 9.13 Å². The summed E-state index contributed by atoms with van der Waals surface area (Å²) in [6.45, 7) is 0.713. The molecule has 0 radical (unpaired) electrons. The molecule has 1 heterocycles. The Morgan fingerprint density at radius 1 is 1.30 bits per heavy atom. The van der Waals surface area contributed by atoms with Crippen molar-refractivity contribution in [3.8, 4) is 11.5 Å². The number of nitrogens with zero attached hydrogens (tertiary/aromatic N) is 1. The summed E-state index contributed by atoms with van der Waals surface area (Å²) in [4.78, 5) is 4.27. The topological polar surface area (TPSA) is 34.1 Å². The van der Waals surface area contributed by atoms with E-state index in [2.05, 4.69) is 26.2 Å². The van der Waals surface area contributed by atoms with E-state index in [0.717, 1.165) is 5.69 Å². The average Bonchev–Trinajstić information content (AvgIpc) is 3.24. The second-order valence-electron chi connectivity index (χ2n) is 4.81. The van der Waals surface area contributed by atoms with Gasteiger partial charge in [0.15, 0.2) is 11.6 Å². The summed E-state index contributed by atoms with van der Waals surface area (Å²) in [5.41, 5.74) is 0.895. The van der Waals surface area contributed by atoms with Gasteiger partial charge in [-0.2, -0.15) is 0 Å². The maximum atomic E-state index is 13.7. The Labute approximate surface area is 125 Å². The number of pyridine rings is 1. The Morgan fingerprint density at radius 2 is 2.15 bits per heavy atom. The lowest BCUT2D eigenvalue weighted by atomic mass is 10.3. The molecular formula is C15H14BrFN2O. The minimum absolute atomic E-state index is 0.209. The molecule has 0 aliphatic heterocycles. The van der Waals surface area contributed by atoms with Crippen LogP contribution in [0.25, 0.3) is 0 Å². The Kier molecular flexibility index (Phi) is 3.98. The van der Waals surface area contributed by atoms with Crippen LogP contribution in [0.15, 0.2) is 41.0 Å². The predicted octanol–water partition coefficient (Wildman–Crippen LogP) is 4.03. The van der Waals surface area contributed by atoms with E-state index >= 15 is 0 Å². The van der Waals surface area contributed by atoms with Crippen molar-refractivity contribution in [1.82, 2.24) is 10.3 Å². The van der Waals surface area contributed by atoms with E-state index < -0.39 is 5.82 Å². The Bertz CT molecular complexity index is 617. The molecular weight excluding hydrogens is 323 g/mol.